The number of pyridine rings is 1. The molecule has 13 heavy (non-hydrogen) atoms. The number of aromatic nitrogens is 1. The lowest BCUT2D eigenvalue weighted by Crippen LogP contribution is -1.94. The van der Waals surface area contributed by atoms with Gasteiger partial charge in [0, 0.05) is 6.20 Å². The van der Waals surface area contributed by atoms with Crippen molar-refractivity contribution in [2.45, 2.75) is 13.3 Å². The molecule has 0 unspecified atom stereocenters. The second-order valence-corrected chi connectivity index (χ2v) is 2.59. The molecule has 1 aromatic heterocycles. The summed E-state index contributed by atoms with van der Waals surface area (Å²) in [6.07, 6.45) is 1.90. The van der Waals surface area contributed by atoms with Gasteiger partial charge in [0.25, 0.3) is 0 Å². The lowest BCUT2D eigenvalue weighted by molar-refractivity contribution is 1.24. The van der Waals surface area contributed by atoms with Crippen molar-refractivity contribution >= 4 is 5.69 Å². The van der Waals surface area contributed by atoms with Crippen LogP contribution in [0, 0.1) is 30.1 Å². The Hall–Kier alpha value is -2.00. The SMILES string of the molecule is Cc1cnc(C#CCC#N)c(N)c1. The first-order chi connectivity index (χ1) is 6.24. The van der Waals surface area contributed by atoms with E-state index in [2.05, 4.69) is 16.8 Å². The zero-order valence-electron chi connectivity index (χ0n) is 7.33. The summed E-state index contributed by atoms with van der Waals surface area (Å²) in [7, 11) is 0. The number of nitrogens with two attached hydrogens (primary N) is 1. The monoisotopic (exact) mass is 171 g/mol. The van der Waals surface area contributed by atoms with Crippen molar-refractivity contribution in [3.63, 3.8) is 0 Å². The summed E-state index contributed by atoms with van der Waals surface area (Å²) in [5.74, 6) is 5.39. The summed E-state index contributed by atoms with van der Waals surface area (Å²) in [4.78, 5) is 4.04. The minimum Gasteiger partial charge on any atom is -0.396 e. The van der Waals surface area contributed by atoms with Gasteiger partial charge in [0.1, 0.15) is 5.69 Å². The number of anilines is 1. The van der Waals surface area contributed by atoms with Gasteiger partial charge >= 0.3 is 0 Å². The predicted octanol–water partition coefficient (Wildman–Crippen LogP) is 1.24. The smallest absolute Gasteiger partial charge is 0.136 e. The van der Waals surface area contributed by atoms with E-state index in [0.717, 1.165) is 5.56 Å². The van der Waals surface area contributed by atoms with E-state index in [4.69, 9.17) is 11.0 Å². The summed E-state index contributed by atoms with van der Waals surface area (Å²) < 4.78 is 0. The van der Waals surface area contributed by atoms with E-state index in [0.29, 0.717) is 11.4 Å². The predicted molar refractivity (Wildman–Crippen MR) is 50.5 cm³/mol. The Balaban J connectivity index is 2.93. The molecule has 0 saturated heterocycles. The van der Waals surface area contributed by atoms with E-state index in [1.165, 1.54) is 0 Å². The van der Waals surface area contributed by atoms with Gasteiger partial charge < -0.3 is 5.73 Å². The van der Waals surface area contributed by atoms with Crippen LogP contribution in [0.4, 0.5) is 5.69 Å². The summed E-state index contributed by atoms with van der Waals surface area (Å²) in [5.41, 5.74) is 7.76. The second-order valence-electron chi connectivity index (χ2n) is 2.59. The lowest BCUT2D eigenvalue weighted by Gasteiger charge is -1.97. The number of nitrogens with zero attached hydrogens (tertiary/aromatic N) is 2. The third-order valence-electron chi connectivity index (χ3n) is 1.43. The molecule has 0 atom stereocenters. The quantitative estimate of drug-likeness (QED) is 0.597. The molecule has 3 heteroatoms. The maximum atomic E-state index is 8.25. The van der Waals surface area contributed by atoms with E-state index < -0.39 is 0 Å². The number of rotatable bonds is 0. The summed E-state index contributed by atoms with van der Waals surface area (Å²) in [6.45, 7) is 1.91. The number of hydrogen-bond donors (Lipinski definition) is 1. The highest BCUT2D eigenvalue weighted by molar-refractivity contribution is 5.52. The maximum absolute atomic E-state index is 8.25. The van der Waals surface area contributed by atoms with Gasteiger partial charge in [-0.1, -0.05) is 5.92 Å². The van der Waals surface area contributed by atoms with Gasteiger partial charge in [-0.05, 0) is 24.5 Å². The van der Waals surface area contributed by atoms with Crippen molar-refractivity contribution in [3.05, 3.63) is 23.5 Å². The molecule has 64 valence electrons. The fourth-order valence-electron chi connectivity index (χ4n) is 0.864. The molecular formula is C10H9N3. The highest BCUT2D eigenvalue weighted by Gasteiger charge is 1.95. The van der Waals surface area contributed by atoms with Gasteiger partial charge in [-0.25, -0.2) is 4.98 Å². The Labute approximate surface area is 77.2 Å². The highest BCUT2D eigenvalue weighted by Crippen LogP contribution is 2.08. The molecule has 0 aliphatic rings. The van der Waals surface area contributed by atoms with Crippen LogP contribution in [0.15, 0.2) is 12.3 Å². The van der Waals surface area contributed by atoms with Crippen molar-refractivity contribution in [3.8, 4) is 17.9 Å². The second kappa shape index (κ2) is 4.13. The van der Waals surface area contributed by atoms with E-state index >= 15 is 0 Å². The molecule has 0 aromatic carbocycles. The summed E-state index contributed by atoms with van der Waals surface area (Å²) in [6, 6.07) is 3.74. The van der Waals surface area contributed by atoms with Crippen molar-refractivity contribution in [1.82, 2.24) is 4.98 Å². The molecule has 3 nitrogen and oxygen atoms in total. The topological polar surface area (TPSA) is 62.7 Å². The Kier molecular flexibility index (Phi) is 2.89. The molecule has 0 saturated carbocycles. The number of nitriles is 1. The Morgan fingerprint density at radius 3 is 3.00 bits per heavy atom. The molecule has 0 aliphatic heterocycles. The molecule has 1 rings (SSSR count). The van der Waals surface area contributed by atoms with Crippen LogP contribution in [0.25, 0.3) is 0 Å². The van der Waals surface area contributed by atoms with Gasteiger partial charge in [-0.3, -0.25) is 0 Å². The standard InChI is InChI=1S/C10H9N3/c1-8-6-9(12)10(13-7-8)4-2-3-5-11/h6-7H,3,12H2,1H3. The van der Waals surface area contributed by atoms with Gasteiger partial charge in [-0.15, -0.1) is 0 Å². The largest absolute Gasteiger partial charge is 0.396 e. The molecule has 1 heterocycles. The molecule has 0 fully saturated rings. The molecule has 2 N–H and O–H groups in total. The average molecular weight is 171 g/mol. The lowest BCUT2D eigenvalue weighted by atomic mass is 10.2. The first-order valence-electron chi connectivity index (χ1n) is 3.82. The van der Waals surface area contributed by atoms with Crippen molar-refractivity contribution in [2.75, 3.05) is 5.73 Å². The molecule has 0 spiro atoms. The minimum absolute atomic E-state index is 0.203. The van der Waals surface area contributed by atoms with Gasteiger partial charge in [0.15, 0.2) is 0 Å². The van der Waals surface area contributed by atoms with E-state index in [1.54, 1.807) is 6.20 Å². The van der Waals surface area contributed by atoms with Crippen molar-refractivity contribution < 1.29 is 0 Å². The molecule has 0 bridgehead atoms. The Morgan fingerprint density at radius 2 is 2.38 bits per heavy atom. The normalized spacial score (nSPS) is 8.31. The number of hydrogen-bond acceptors (Lipinski definition) is 3. The summed E-state index contributed by atoms with van der Waals surface area (Å²) >= 11 is 0. The third kappa shape index (κ3) is 2.50. The molecule has 0 amide bonds. The van der Waals surface area contributed by atoms with Crippen LogP contribution < -0.4 is 5.73 Å². The van der Waals surface area contributed by atoms with Crippen molar-refractivity contribution in [2.24, 2.45) is 0 Å². The van der Waals surface area contributed by atoms with Crippen LogP contribution in [-0.4, -0.2) is 4.98 Å². The van der Waals surface area contributed by atoms with Crippen LogP contribution in [-0.2, 0) is 0 Å². The van der Waals surface area contributed by atoms with Crippen LogP contribution in [0.3, 0.4) is 0 Å². The number of nitrogen functional groups attached to an aromatic ring is 1. The van der Waals surface area contributed by atoms with Gasteiger partial charge in [0.2, 0.25) is 0 Å². The Morgan fingerprint density at radius 1 is 1.62 bits per heavy atom. The van der Waals surface area contributed by atoms with E-state index in [9.17, 15) is 0 Å². The maximum Gasteiger partial charge on any atom is 0.136 e. The number of aryl methyl sites for hydroxylation is 1. The first-order valence-corrected chi connectivity index (χ1v) is 3.82. The molecule has 0 aliphatic carbocycles. The molecule has 0 radical (unpaired) electrons. The molecule has 1 aromatic rings. The highest BCUT2D eigenvalue weighted by atomic mass is 14.7. The Bertz CT molecular complexity index is 404. The summed E-state index contributed by atoms with van der Waals surface area (Å²) in [5, 5.41) is 8.25. The van der Waals surface area contributed by atoms with Crippen LogP contribution in [0.1, 0.15) is 17.7 Å². The zero-order chi connectivity index (χ0) is 9.68. The van der Waals surface area contributed by atoms with Crippen LogP contribution in [0.2, 0.25) is 0 Å². The third-order valence-corrected chi connectivity index (χ3v) is 1.43. The van der Waals surface area contributed by atoms with Crippen LogP contribution >= 0.6 is 0 Å². The first kappa shape index (κ1) is 9.09. The molecular weight excluding hydrogens is 162 g/mol. The zero-order valence-corrected chi connectivity index (χ0v) is 7.33. The fourth-order valence-corrected chi connectivity index (χ4v) is 0.864. The van der Waals surface area contributed by atoms with Crippen LogP contribution in [0.5, 0.6) is 0 Å². The van der Waals surface area contributed by atoms with E-state index in [1.807, 2.05) is 19.1 Å². The van der Waals surface area contributed by atoms with E-state index in [-0.39, 0.29) is 6.42 Å². The average Bonchev–Trinajstić information content (AvgIpc) is 2.09. The van der Waals surface area contributed by atoms with Gasteiger partial charge in [-0.2, -0.15) is 5.26 Å². The van der Waals surface area contributed by atoms with Crippen molar-refractivity contribution in [1.29, 1.82) is 5.26 Å². The van der Waals surface area contributed by atoms with Gasteiger partial charge in [0.05, 0.1) is 18.2 Å². The fraction of sp³-hybridized carbons (Fsp3) is 0.200. The minimum atomic E-state index is 0.203.